The van der Waals surface area contributed by atoms with Gasteiger partial charge in [0.15, 0.2) is 11.7 Å². The molecule has 0 bridgehead atoms. The zero-order valence-corrected chi connectivity index (χ0v) is 34.0. The van der Waals surface area contributed by atoms with Gasteiger partial charge in [-0.25, -0.2) is 19.7 Å². The average molecular weight is 912 g/mol. The summed E-state index contributed by atoms with van der Waals surface area (Å²) in [4.78, 5) is 105. The maximum Gasteiger partial charge on any atom is 0.336 e. The smallest absolute Gasteiger partial charge is 0.336 e. The summed E-state index contributed by atoms with van der Waals surface area (Å²) in [6, 6.07) is 6.70. The van der Waals surface area contributed by atoms with Crippen LogP contribution in [0.4, 0.5) is 11.8 Å². The predicted molar refractivity (Wildman–Crippen MR) is 209 cm³/mol. The lowest BCUT2D eigenvalue weighted by molar-refractivity contribution is -0.790. The molecule has 1 amide bonds. The first-order chi connectivity index (χ1) is 29.9. The number of aliphatic hydroxyl groups is 1. The third kappa shape index (κ3) is 17.3. The van der Waals surface area contributed by atoms with Gasteiger partial charge in [0.05, 0.1) is 57.2 Å². The Labute approximate surface area is 360 Å². The number of amides is 1. The average Bonchev–Trinajstić information content (AvgIpc) is 3.70. The molecular weight excluding hydrogens is 870 g/mol. The molecular formula is C35H42ClN9O18. The van der Waals surface area contributed by atoms with Gasteiger partial charge in [0.25, 0.3) is 16.1 Å². The van der Waals surface area contributed by atoms with Gasteiger partial charge < -0.3 is 59.8 Å². The van der Waals surface area contributed by atoms with Crippen molar-refractivity contribution >= 4 is 53.2 Å². The van der Waals surface area contributed by atoms with Crippen molar-refractivity contribution < 1.29 is 78.5 Å². The summed E-state index contributed by atoms with van der Waals surface area (Å²) < 4.78 is 15.9. The van der Waals surface area contributed by atoms with Gasteiger partial charge in [-0.05, 0) is 36.6 Å². The number of benzene rings is 1. The molecule has 3 aromatic rings. The number of rotatable bonds is 25. The highest BCUT2D eigenvalue weighted by Crippen LogP contribution is 2.28. The van der Waals surface area contributed by atoms with E-state index in [4.69, 9.17) is 46.2 Å². The lowest BCUT2D eigenvalue weighted by Crippen LogP contribution is -2.42. The normalized spacial score (nSPS) is 13.6. The van der Waals surface area contributed by atoms with Crippen LogP contribution in [0.3, 0.4) is 0 Å². The van der Waals surface area contributed by atoms with Gasteiger partial charge in [-0.15, -0.1) is 20.2 Å². The molecule has 1 aromatic carbocycles. The molecule has 0 saturated carbocycles. The fraction of sp³-hybridized carbons (Fsp3) is 0.457. The molecule has 342 valence electrons. The van der Waals surface area contributed by atoms with Crippen molar-refractivity contribution in [3.8, 4) is 5.75 Å². The standard InChI is InChI=1S/C29H34ClN9O11.C6H8O7/c1-46-24-6-5-19(12-23(24)30)13-33-27-22(28(41)34-15-25-31-8-3-9-32-25)14-35-29(36-27)37-10-2-4-20(37)16-48-26(40)7-11-47-17-21(50-39(44)45)18-49-38(42)43;7-3(8)1-6(13,5(11)12)2-4(9)10/h3,5-6,8-9,12,14,20-21H,2,4,7,10-11,13,15-18H2,1H3,(H,34,41)(H,33,35,36);13H,1-2H2,(H,7,8)(H,9,10)(H,11,12). The quantitative estimate of drug-likeness (QED) is 0.0298. The Kier molecular flexibility index (Phi) is 19.8. The van der Waals surface area contributed by atoms with Crippen LogP contribution in [-0.4, -0.2) is 138 Å². The number of esters is 1. The molecule has 1 aliphatic heterocycles. The van der Waals surface area contributed by atoms with E-state index in [9.17, 15) is 44.2 Å². The number of carbonyl (C=O) groups is 5. The van der Waals surface area contributed by atoms with Crippen LogP contribution in [0.2, 0.25) is 5.02 Å². The molecule has 2 aromatic heterocycles. The minimum atomic E-state index is -2.74. The molecule has 2 unspecified atom stereocenters. The summed E-state index contributed by atoms with van der Waals surface area (Å²) in [5.74, 6) is -4.54. The van der Waals surface area contributed by atoms with Crippen LogP contribution >= 0.6 is 11.6 Å². The Morgan fingerprint density at radius 2 is 1.71 bits per heavy atom. The molecule has 2 atom stereocenters. The van der Waals surface area contributed by atoms with E-state index in [0.29, 0.717) is 35.5 Å². The summed E-state index contributed by atoms with van der Waals surface area (Å²) in [5.41, 5.74) is -1.75. The summed E-state index contributed by atoms with van der Waals surface area (Å²) in [7, 11) is 1.52. The second kappa shape index (κ2) is 24.9. The maximum absolute atomic E-state index is 13.2. The first kappa shape index (κ1) is 50.1. The van der Waals surface area contributed by atoms with Gasteiger partial charge in [-0.2, -0.15) is 4.98 Å². The highest BCUT2D eigenvalue weighted by atomic mass is 35.5. The van der Waals surface area contributed by atoms with E-state index in [1.807, 2.05) is 11.0 Å². The van der Waals surface area contributed by atoms with Crippen molar-refractivity contribution in [3.05, 3.63) is 85.1 Å². The van der Waals surface area contributed by atoms with E-state index in [1.54, 1.807) is 30.6 Å². The van der Waals surface area contributed by atoms with Crippen LogP contribution in [0, 0.1) is 20.2 Å². The molecule has 1 aliphatic rings. The number of methoxy groups -OCH3 is 1. The number of anilines is 2. The predicted octanol–water partition coefficient (Wildman–Crippen LogP) is 0.926. The zero-order chi connectivity index (χ0) is 46.5. The van der Waals surface area contributed by atoms with Crippen molar-refractivity contribution in [1.29, 1.82) is 0 Å². The Morgan fingerprint density at radius 3 is 2.32 bits per heavy atom. The summed E-state index contributed by atoms with van der Waals surface area (Å²) in [5, 5.41) is 58.9. The van der Waals surface area contributed by atoms with Crippen molar-refractivity contribution in [2.24, 2.45) is 0 Å². The fourth-order valence-electron chi connectivity index (χ4n) is 5.49. The van der Waals surface area contributed by atoms with E-state index in [1.165, 1.54) is 13.3 Å². The van der Waals surface area contributed by atoms with Gasteiger partial charge >= 0.3 is 23.9 Å². The molecule has 28 heteroatoms. The Hall–Kier alpha value is -7.26. The van der Waals surface area contributed by atoms with Gasteiger partial charge in [-0.3, -0.25) is 19.2 Å². The lowest BCUT2D eigenvalue weighted by Gasteiger charge is -2.25. The maximum atomic E-state index is 13.2. The molecule has 1 fully saturated rings. The minimum absolute atomic E-state index is 0.0123. The van der Waals surface area contributed by atoms with E-state index >= 15 is 0 Å². The van der Waals surface area contributed by atoms with Gasteiger partial charge in [0, 0.05) is 31.7 Å². The number of carboxylic acid groups (broad SMARTS) is 3. The van der Waals surface area contributed by atoms with E-state index in [-0.39, 0.29) is 50.1 Å². The molecule has 6 N–H and O–H groups in total. The van der Waals surface area contributed by atoms with Gasteiger partial charge in [0.2, 0.25) is 5.95 Å². The SMILES string of the molecule is COc1ccc(CNc2nc(N3CCCC3COC(=O)CCOCC(CO[N+](=O)[O-])O[N+](=O)[O-])ncc2C(=O)NCc2ncccn2)cc1Cl.O=C(O)CC(O)(CC(=O)O)C(=O)O. The second-order valence-electron chi connectivity index (χ2n) is 13.0. The number of nitrogens with zero attached hydrogens (tertiary/aromatic N) is 7. The number of halogens is 1. The van der Waals surface area contributed by atoms with Crippen molar-refractivity contribution in [1.82, 2.24) is 25.3 Å². The van der Waals surface area contributed by atoms with Crippen LogP contribution in [0.1, 0.15) is 53.8 Å². The Bertz CT molecular complexity index is 2050. The van der Waals surface area contributed by atoms with E-state index in [0.717, 1.165) is 12.0 Å². The van der Waals surface area contributed by atoms with Crippen molar-refractivity contribution in [3.63, 3.8) is 0 Å². The van der Waals surface area contributed by atoms with Gasteiger partial charge in [0.1, 0.15) is 36.2 Å². The summed E-state index contributed by atoms with van der Waals surface area (Å²) >= 11 is 6.30. The number of ether oxygens (including phenoxy) is 3. The molecule has 0 spiro atoms. The molecule has 4 rings (SSSR count). The first-order valence-electron chi connectivity index (χ1n) is 18.4. The minimum Gasteiger partial charge on any atom is -0.495 e. The molecule has 0 radical (unpaired) electrons. The third-order valence-electron chi connectivity index (χ3n) is 8.43. The Morgan fingerprint density at radius 1 is 1.02 bits per heavy atom. The number of aromatic nitrogens is 4. The van der Waals surface area contributed by atoms with Crippen LogP contribution in [0.15, 0.2) is 42.9 Å². The third-order valence-corrected chi connectivity index (χ3v) is 8.73. The summed E-state index contributed by atoms with van der Waals surface area (Å²) in [6.45, 7) is -0.389. The molecule has 27 nitrogen and oxygen atoms in total. The van der Waals surface area contributed by atoms with Crippen molar-refractivity contribution in [2.75, 3.05) is 50.3 Å². The van der Waals surface area contributed by atoms with Crippen LogP contribution in [0.25, 0.3) is 0 Å². The highest BCUT2D eigenvalue weighted by molar-refractivity contribution is 6.32. The van der Waals surface area contributed by atoms with Crippen LogP contribution < -0.4 is 20.3 Å². The number of carboxylic acids is 3. The van der Waals surface area contributed by atoms with Gasteiger partial charge in [-0.1, -0.05) is 17.7 Å². The largest absolute Gasteiger partial charge is 0.495 e. The second-order valence-corrected chi connectivity index (χ2v) is 13.5. The fourth-order valence-corrected chi connectivity index (χ4v) is 5.77. The van der Waals surface area contributed by atoms with E-state index < -0.39 is 77.7 Å². The first-order valence-corrected chi connectivity index (χ1v) is 18.7. The van der Waals surface area contributed by atoms with Crippen LogP contribution in [0.5, 0.6) is 5.75 Å². The molecule has 0 aliphatic carbocycles. The number of nitrogens with one attached hydrogen (secondary N) is 2. The van der Waals surface area contributed by atoms with Crippen LogP contribution in [-0.2, 0) is 51.4 Å². The number of carbonyl (C=O) groups excluding carboxylic acids is 2. The van der Waals surface area contributed by atoms with E-state index in [2.05, 4.69) is 40.2 Å². The number of aliphatic carboxylic acids is 3. The number of hydrogen-bond donors (Lipinski definition) is 6. The molecule has 1 saturated heterocycles. The molecule has 63 heavy (non-hydrogen) atoms. The Balaban J connectivity index is 0.000000701. The number of hydrogen-bond acceptors (Lipinski definition) is 21. The topological polar surface area (TPSA) is 378 Å². The van der Waals surface area contributed by atoms with Crippen molar-refractivity contribution in [2.45, 2.75) is 62.9 Å². The highest BCUT2D eigenvalue weighted by Gasteiger charge is 2.41. The lowest BCUT2D eigenvalue weighted by atomic mass is 9.96. The zero-order valence-electron chi connectivity index (χ0n) is 33.2. The summed E-state index contributed by atoms with van der Waals surface area (Å²) in [6.07, 6.45) is 2.17. The molecule has 3 heterocycles. The monoisotopic (exact) mass is 911 g/mol.